The van der Waals surface area contributed by atoms with Crippen LogP contribution in [0.15, 0.2) is 0 Å². The molecule has 1 fully saturated rings. The van der Waals surface area contributed by atoms with Gasteiger partial charge in [-0.3, -0.25) is 0 Å². The van der Waals surface area contributed by atoms with E-state index in [1.807, 2.05) is 0 Å². The number of carbonyl (C=O) groups is 1. The number of halogens is 1. The highest BCUT2D eigenvalue weighted by atomic mass is 35.7. The zero-order valence-corrected chi connectivity index (χ0v) is 5.78. The zero-order chi connectivity index (χ0) is 8.48. The van der Waals surface area contributed by atoms with Gasteiger partial charge in [-0.1, -0.05) is 0 Å². The van der Waals surface area contributed by atoms with Gasteiger partial charge in [-0.2, -0.15) is 14.0 Å². The average Bonchev–Trinajstić information content (AvgIpc) is 2.10. The molecule has 0 aromatic rings. The second-order valence-corrected chi connectivity index (χ2v) is 2.51. The summed E-state index contributed by atoms with van der Waals surface area (Å²) in [5.74, 6) is 0. The molecule has 1 aliphatic heterocycles. The molecule has 1 unspecified atom stereocenters. The third-order valence-corrected chi connectivity index (χ3v) is 1.19. The third-order valence-electron chi connectivity index (χ3n) is 0.773. The van der Waals surface area contributed by atoms with Crippen molar-refractivity contribution in [3.63, 3.8) is 0 Å². The first kappa shape index (κ1) is 8.50. The number of cyclic esters (lactones) is 2. The Morgan fingerprint density at radius 1 is 1.55 bits per heavy atom. The van der Waals surface area contributed by atoms with Crippen molar-refractivity contribution >= 4 is 6.16 Å². The van der Waals surface area contributed by atoms with Gasteiger partial charge >= 0.3 is 12.4 Å². The van der Waals surface area contributed by atoms with Gasteiger partial charge in [0.1, 0.15) is 4.29 Å². The van der Waals surface area contributed by atoms with Crippen molar-refractivity contribution < 1.29 is 42.8 Å². The van der Waals surface area contributed by atoms with Crippen LogP contribution in [-0.2, 0) is 13.8 Å². The Kier molecular flexibility index (Phi) is 2.16. The Balaban J connectivity index is 2.34. The van der Waals surface area contributed by atoms with Crippen LogP contribution in [0.3, 0.4) is 0 Å². The molecule has 1 heterocycles. The highest BCUT2D eigenvalue weighted by Crippen LogP contribution is 2.09. The Morgan fingerprint density at radius 2 is 2.18 bits per heavy atom. The molecule has 0 bridgehead atoms. The van der Waals surface area contributed by atoms with Crippen LogP contribution >= 0.6 is 0 Å². The summed E-state index contributed by atoms with van der Waals surface area (Å²) < 4.78 is 41.4. The molecule has 0 radical (unpaired) electrons. The fourth-order valence-electron chi connectivity index (χ4n) is 0.477. The van der Waals surface area contributed by atoms with Gasteiger partial charge in [-0.15, -0.1) is 0 Å². The lowest BCUT2D eigenvalue weighted by Gasteiger charge is -2.13. The summed E-state index contributed by atoms with van der Waals surface area (Å²) in [6, 6.07) is 0. The van der Waals surface area contributed by atoms with Gasteiger partial charge in [0.05, 0.1) is 10.2 Å². The van der Waals surface area contributed by atoms with Crippen molar-refractivity contribution in [2.75, 3.05) is 6.61 Å². The van der Waals surface area contributed by atoms with E-state index in [0.717, 1.165) is 0 Å². The van der Waals surface area contributed by atoms with Gasteiger partial charge in [0, 0.05) is 0 Å². The average molecular weight is 187 g/mol. The summed E-state index contributed by atoms with van der Waals surface area (Å²) in [6.07, 6.45) is -2.51. The minimum atomic E-state index is -4.58. The Hall–Kier alpha value is -0.600. The van der Waals surface area contributed by atoms with Crippen LogP contribution in [0.5, 0.6) is 0 Å². The van der Waals surface area contributed by atoms with E-state index in [2.05, 4.69) is 13.8 Å². The molecule has 8 heteroatoms. The van der Waals surface area contributed by atoms with Crippen LogP contribution in [0.2, 0.25) is 0 Å². The minimum Gasteiger partial charge on any atom is -0.427 e. The number of hydrogen-bond donors (Lipinski definition) is 0. The standard InChI is InChI=1S/C3H3ClO7/c5-3-9-1-2(10-3)11-4(6,7)8/h2H,1H2. The van der Waals surface area contributed by atoms with E-state index >= 15 is 0 Å². The Labute approximate surface area is 62.8 Å². The number of rotatable bonds is 2. The summed E-state index contributed by atoms with van der Waals surface area (Å²) in [4.78, 5) is 10.1. The van der Waals surface area contributed by atoms with Gasteiger partial charge in [0.25, 0.3) is 0 Å². The van der Waals surface area contributed by atoms with E-state index in [1.54, 1.807) is 0 Å². The zero-order valence-electron chi connectivity index (χ0n) is 5.02. The van der Waals surface area contributed by atoms with E-state index in [0.29, 0.717) is 0 Å². The fourth-order valence-corrected chi connectivity index (χ4v) is 0.808. The molecule has 1 saturated heterocycles. The molecule has 0 aromatic heterocycles. The lowest BCUT2D eigenvalue weighted by molar-refractivity contribution is -1.92. The molecule has 0 spiro atoms. The number of ether oxygens (including phenoxy) is 2. The van der Waals surface area contributed by atoms with E-state index in [9.17, 15) is 18.8 Å². The fraction of sp³-hybridized carbons (Fsp3) is 0.667. The lowest BCUT2D eigenvalue weighted by Crippen LogP contribution is -2.62. The molecule has 7 nitrogen and oxygen atoms in total. The van der Waals surface area contributed by atoms with E-state index < -0.39 is 29.3 Å². The molecule has 1 aliphatic rings. The van der Waals surface area contributed by atoms with Crippen molar-refractivity contribution in [3.05, 3.63) is 0 Å². The van der Waals surface area contributed by atoms with Crippen molar-refractivity contribution in [2.24, 2.45) is 0 Å². The second kappa shape index (κ2) is 2.80. The highest BCUT2D eigenvalue weighted by Gasteiger charge is 2.38. The molecule has 0 aromatic carbocycles. The maximum absolute atomic E-state index is 10.1. The molecule has 1 atom stereocenters. The summed E-state index contributed by atoms with van der Waals surface area (Å²) in [7, 11) is -4.58. The van der Waals surface area contributed by atoms with Crippen LogP contribution in [0.25, 0.3) is 0 Å². The van der Waals surface area contributed by atoms with Gasteiger partial charge < -0.3 is 9.47 Å². The molecular formula is C3H3ClO7. The van der Waals surface area contributed by atoms with Gasteiger partial charge in [0.15, 0.2) is 6.61 Å². The second-order valence-electron chi connectivity index (χ2n) is 1.58. The highest BCUT2D eigenvalue weighted by molar-refractivity contribution is 5.61. The summed E-state index contributed by atoms with van der Waals surface area (Å²) in [5, 5.41) is 0. The van der Waals surface area contributed by atoms with Gasteiger partial charge in [-0.05, 0) is 0 Å². The Morgan fingerprint density at radius 3 is 2.55 bits per heavy atom. The number of hydrogen-bond acceptors (Lipinski definition) is 7. The van der Waals surface area contributed by atoms with E-state index in [1.165, 1.54) is 0 Å². The molecular weight excluding hydrogens is 183 g/mol. The SMILES string of the molecule is O=C1OCC(O[Cl+3]([O-])([O-])[O-])O1. The molecule has 0 aliphatic carbocycles. The van der Waals surface area contributed by atoms with E-state index in [4.69, 9.17) is 0 Å². The lowest BCUT2D eigenvalue weighted by atomic mass is 10.7. The molecule has 0 N–H and O–H groups in total. The topological polar surface area (TPSA) is 114 Å². The summed E-state index contributed by atoms with van der Waals surface area (Å²) in [5.41, 5.74) is 0. The monoisotopic (exact) mass is 186 g/mol. The quantitative estimate of drug-likeness (QED) is 0.409. The molecule has 11 heavy (non-hydrogen) atoms. The molecule has 1 rings (SSSR count). The summed E-state index contributed by atoms with van der Waals surface area (Å²) in [6.45, 7) is -0.396. The predicted molar refractivity (Wildman–Crippen MR) is 17.3 cm³/mol. The van der Waals surface area contributed by atoms with Crippen LogP contribution in [0.1, 0.15) is 0 Å². The van der Waals surface area contributed by atoms with Crippen LogP contribution < -0.4 is 14.0 Å². The summed E-state index contributed by atoms with van der Waals surface area (Å²) >= 11 is 0. The molecule has 0 amide bonds. The molecule has 64 valence electrons. The van der Waals surface area contributed by atoms with Gasteiger partial charge in [-0.25, -0.2) is 4.79 Å². The van der Waals surface area contributed by atoms with Crippen LogP contribution in [0.4, 0.5) is 4.79 Å². The maximum atomic E-state index is 10.1. The largest absolute Gasteiger partial charge is 0.511 e. The van der Waals surface area contributed by atoms with E-state index in [-0.39, 0.29) is 0 Å². The maximum Gasteiger partial charge on any atom is 0.511 e. The van der Waals surface area contributed by atoms with Crippen LogP contribution in [0, 0.1) is 10.2 Å². The first-order valence-electron chi connectivity index (χ1n) is 2.40. The number of carbonyl (C=O) groups excluding carboxylic acids is 1. The Bertz CT molecular complexity index is 162. The van der Waals surface area contributed by atoms with Gasteiger partial charge in [0.2, 0.25) is 0 Å². The minimum absolute atomic E-state index is 0.396. The van der Waals surface area contributed by atoms with Crippen molar-refractivity contribution in [1.82, 2.24) is 0 Å². The third kappa shape index (κ3) is 2.87. The first-order valence-corrected chi connectivity index (χ1v) is 3.63. The normalized spacial score (nSPS) is 24.6. The van der Waals surface area contributed by atoms with Crippen molar-refractivity contribution in [1.29, 1.82) is 0 Å². The predicted octanol–water partition coefficient (Wildman–Crippen LogP) is -3.61. The smallest absolute Gasteiger partial charge is 0.427 e. The van der Waals surface area contributed by atoms with Crippen molar-refractivity contribution in [3.8, 4) is 0 Å². The van der Waals surface area contributed by atoms with Crippen molar-refractivity contribution in [2.45, 2.75) is 6.29 Å². The molecule has 0 saturated carbocycles. The first-order chi connectivity index (χ1) is 4.97. The van der Waals surface area contributed by atoms with Crippen LogP contribution in [-0.4, -0.2) is 19.1 Å².